The highest BCUT2D eigenvalue weighted by Gasteiger charge is 2.56. The Balaban J connectivity index is 1.41. The molecule has 2 unspecified atom stereocenters. The van der Waals surface area contributed by atoms with Gasteiger partial charge < -0.3 is 5.32 Å². The van der Waals surface area contributed by atoms with Gasteiger partial charge in [-0.15, -0.1) is 0 Å². The van der Waals surface area contributed by atoms with Gasteiger partial charge in [0, 0.05) is 33.6 Å². The number of benzene rings is 3. The van der Waals surface area contributed by atoms with Gasteiger partial charge in [-0.3, -0.25) is 33.9 Å². The summed E-state index contributed by atoms with van der Waals surface area (Å²) in [5, 5.41) is 14.1. The van der Waals surface area contributed by atoms with E-state index in [0.717, 1.165) is 39.1 Å². The molecule has 230 valence electrons. The second kappa shape index (κ2) is 11.6. The number of hydrogen-bond acceptors (Lipinski definition) is 8. The fourth-order valence-electron chi connectivity index (χ4n) is 5.66. The molecule has 6 rings (SSSR count). The van der Waals surface area contributed by atoms with Gasteiger partial charge in [0.15, 0.2) is 0 Å². The van der Waals surface area contributed by atoms with Crippen LogP contribution in [0, 0.1) is 16.0 Å². The van der Waals surface area contributed by atoms with E-state index in [9.17, 15) is 29.3 Å². The Labute approximate surface area is 271 Å². The largest absolute Gasteiger partial charge is 0.325 e. The summed E-state index contributed by atoms with van der Waals surface area (Å²) in [4.78, 5) is 66.4. The number of nitrogens with one attached hydrogen (secondary N) is 1. The molecule has 2 aliphatic heterocycles. The van der Waals surface area contributed by atoms with Crippen molar-refractivity contribution >= 4 is 69.5 Å². The lowest BCUT2D eigenvalue weighted by Gasteiger charge is -2.31. The molecule has 0 radical (unpaired) electrons. The normalized spacial score (nSPS) is 19.3. The van der Waals surface area contributed by atoms with Crippen molar-refractivity contribution in [1.29, 1.82) is 0 Å². The molecule has 45 heavy (non-hydrogen) atoms. The highest BCUT2D eigenvalue weighted by Crippen LogP contribution is 2.54. The lowest BCUT2D eigenvalue weighted by molar-refractivity contribution is -0.384. The van der Waals surface area contributed by atoms with Crippen LogP contribution in [-0.4, -0.2) is 32.5 Å². The van der Waals surface area contributed by atoms with E-state index in [0.29, 0.717) is 20.6 Å². The molecule has 1 aromatic heterocycles. The summed E-state index contributed by atoms with van der Waals surface area (Å²) in [5.74, 6) is -2.83. The molecule has 1 saturated heterocycles. The molecular formula is C32H27ClN4O6S2. The second-order valence-electron chi connectivity index (χ2n) is 11.9. The van der Waals surface area contributed by atoms with E-state index in [1.807, 2.05) is 24.3 Å². The van der Waals surface area contributed by atoms with E-state index < -0.39 is 39.7 Å². The van der Waals surface area contributed by atoms with Crippen LogP contribution >= 0.6 is 34.7 Å². The van der Waals surface area contributed by atoms with Crippen LogP contribution in [0.25, 0.3) is 0 Å². The lowest BCUT2D eigenvalue weighted by Crippen LogP contribution is -2.33. The molecule has 3 aromatic carbocycles. The fourth-order valence-corrected chi connectivity index (χ4v) is 8.56. The molecule has 10 nitrogen and oxygen atoms in total. The van der Waals surface area contributed by atoms with Gasteiger partial charge in [-0.25, -0.2) is 4.90 Å². The molecule has 1 fully saturated rings. The number of rotatable bonds is 6. The molecule has 3 heterocycles. The summed E-state index contributed by atoms with van der Waals surface area (Å²) >= 11 is 8.02. The summed E-state index contributed by atoms with van der Waals surface area (Å²) in [6.07, 6.45) is 0. The molecule has 2 aliphatic rings. The molecule has 3 atom stereocenters. The number of halogens is 1. The van der Waals surface area contributed by atoms with Crippen LogP contribution in [0.2, 0.25) is 5.02 Å². The predicted octanol–water partition coefficient (Wildman–Crippen LogP) is 6.20. The van der Waals surface area contributed by atoms with Crippen molar-refractivity contribution in [2.24, 2.45) is 5.92 Å². The van der Waals surface area contributed by atoms with Gasteiger partial charge in [-0.05, 0) is 52.9 Å². The maximum atomic E-state index is 14.1. The third-order valence-corrected chi connectivity index (χ3v) is 10.8. The first-order valence-electron chi connectivity index (χ1n) is 14.0. The first kappa shape index (κ1) is 30.8. The maximum Gasteiger partial charge on any atom is 0.308 e. The van der Waals surface area contributed by atoms with Crippen molar-refractivity contribution < 1.29 is 19.3 Å². The average Bonchev–Trinajstić information content (AvgIpc) is 3.44. The number of nitrogens with zero attached hydrogens (tertiary/aromatic N) is 3. The van der Waals surface area contributed by atoms with Crippen molar-refractivity contribution in [3.8, 4) is 0 Å². The molecule has 0 spiro atoms. The number of hydrogen-bond donors (Lipinski definition) is 1. The Hall–Kier alpha value is -4.26. The van der Waals surface area contributed by atoms with Crippen LogP contribution in [0.1, 0.15) is 42.7 Å². The van der Waals surface area contributed by atoms with Gasteiger partial charge in [0.2, 0.25) is 17.7 Å². The third kappa shape index (κ3) is 5.69. The molecule has 3 amide bonds. The number of nitro groups is 1. The minimum Gasteiger partial charge on any atom is -0.325 e. The van der Waals surface area contributed by atoms with E-state index >= 15 is 0 Å². The lowest BCUT2D eigenvalue weighted by atomic mass is 9.81. The predicted molar refractivity (Wildman–Crippen MR) is 174 cm³/mol. The van der Waals surface area contributed by atoms with Gasteiger partial charge in [-0.2, -0.15) is 0 Å². The van der Waals surface area contributed by atoms with Crippen LogP contribution in [0.5, 0.6) is 0 Å². The molecule has 0 aliphatic carbocycles. The number of carbonyl (C=O) groups excluding carboxylic acids is 3. The Morgan fingerprint density at radius 1 is 0.956 bits per heavy atom. The fraction of sp³-hybridized carbons (Fsp3) is 0.250. The van der Waals surface area contributed by atoms with E-state index in [1.165, 1.54) is 28.8 Å². The van der Waals surface area contributed by atoms with Crippen molar-refractivity contribution in [2.75, 3.05) is 10.2 Å². The minimum atomic E-state index is -0.882. The van der Waals surface area contributed by atoms with Crippen LogP contribution in [-0.2, 0) is 26.3 Å². The van der Waals surface area contributed by atoms with Crippen molar-refractivity contribution in [2.45, 2.75) is 48.9 Å². The third-order valence-electron chi connectivity index (χ3n) is 7.93. The highest BCUT2D eigenvalue weighted by atomic mass is 35.5. The van der Waals surface area contributed by atoms with Crippen LogP contribution in [0.4, 0.5) is 17.1 Å². The number of thiazole rings is 1. The zero-order valence-corrected chi connectivity index (χ0v) is 26.7. The number of carbonyl (C=O) groups is 3. The Morgan fingerprint density at radius 3 is 2.20 bits per heavy atom. The first-order valence-corrected chi connectivity index (χ1v) is 16.1. The molecule has 4 aromatic rings. The summed E-state index contributed by atoms with van der Waals surface area (Å²) in [7, 11) is 0. The number of aromatic nitrogens is 1. The zero-order chi connectivity index (χ0) is 32.2. The Morgan fingerprint density at radius 2 is 1.60 bits per heavy atom. The topological polar surface area (TPSA) is 132 Å². The molecule has 13 heteroatoms. The van der Waals surface area contributed by atoms with Crippen molar-refractivity contribution in [3.63, 3.8) is 0 Å². The van der Waals surface area contributed by atoms with Gasteiger partial charge >= 0.3 is 4.87 Å². The maximum absolute atomic E-state index is 14.1. The zero-order valence-electron chi connectivity index (χ0n) is 24.4. The summed E-state index contributed by atoms with van der Waals surface area (Å²) in [6.45, 7) is 5.99. The second-order valence-corrected chi connectivity index (χ2v) is 14.4. The number of thioether (sulfide) groups is 1. The van der Waals surface area contributed by atoms with E-state index in [-0.39, 0.29) is 28.2 Å². The molecule has 1 N–H and O–H groups in total. The monoisotopic (exact) mass is 662 g/mol. The van der Waals surface area contributed by atoms with E-state index in [4.69, 9.17) is 11.6 Å². The molecule has 0 saturated carbocycles. The average molecular weight is 663 g/mol. The summed E-state index contributed by atoms with van der Waals surface area (Å²) in [6, 6.07) is 19.7. The van der Waals surface area contributed by atoms with Crippen LogP contribution in [0.15, 0.2) is 82.6 Å². The summed E-state index contributed by atoms with van der Waals surface area (Å²) < 4.78 is 1.36. The SMILES string of the molecule is CC(C)(C)c1ccc([C@@H]2c3sc(=O)n(CC(=O)Nc4ccc(Cl)cc4)c3SC3C(=O)N(c4ccc([N+](=O)[O-])cc4)C(=O)C32)cc1. The minimum absolute atomic E-state index is 0.119. The quantitative estimate of drug-likeness (QED) is 0.148. The first-order chi connectivity index (χ1) is 21.3. The van der Waals surface area contributed by atoms with Gasteiger partial charge in [-0.1, -0.05) is 79.7 Å². The van der Waals surface area contributed by atoms with Gasteiger partial charge in [0.25, 0.3) is 5.69 Å². The van der Waals surface area contributed by atoms with E-state index in [1.54, 1.807) is 24.3 Å². The highest BCUT2D eigenvalue weighted by molar-refractivity contribution is 8.00. The van der Waals surface area contributed by atoms with E-state index in [2.05, 4.69) is 26.1 Å². The van der Waals surface area contributed by atoms with Gasteiger partial charge in [0.05, 0.1) is 21.6 Å². The number of non-ortho nitro benzene ring substituents is 1. The number of nitro benzene ring substituents is 1. The standard InChI is InChI=1S/C32H27ClN4O6S2/c1-32(2,3)18-6-4-17(5-7-18)24-25-26(29(40)36(28(25)39)21-12-14-22(15-13-21)37(42)43)44-30-27(24)45-31(41)35(30)16-23(38)34-20-10-8-19(33)9-11-20/h4-15,24-26H,16H2,1-3H3,(H,34,38)/t24-,25?,26?/m0/s1. The smallest absolute Gasteiger partial charge is 0.308 e. The number of anilines is 2. The van der Waals surface area contributed by atoms with Crippen molar-refractivity contribution in [3.05, 3.63) is 114 Å². The molecular weight excluding hydrogens is 636 g/mol. The Kier molecular flexibility index (Phi) is 7.92. The van der Waals surface area contributed by atoms with Crippen LogP contribution < -0.4 is 15.1 Å². The number of amides is 3. The molecule has 0 bridgehead atoms. The number of fused-ring (bicyclic) bond motifs is 2. The number of imide groups is 1. The van der Waals surface area contributed by atoms with Gasteiger partial charge in [0.1, 0.15) is 11.8 Å². The van der Waals surface area contributed by atoms with Crippen LogP contribution in [0.3, 0.4) is 0 Å². The van der Waals surface area contributed by atoms with Crippen molar-refractivity contribution in [1.82, 2.24) is 4.57 Å². The Bertz CT molecular complexity index is 1900. The summed E-state index contributed by atoms with van der Waals surface area (Å²) in [5.41, 5.74) is 2.32.